The van der Waals surface area contributed by atoms with Crippen LogP contribution in [-0.2, 0) is 0 Å². The van der Waals surface area contributed by atoms with Crippen molar-refractivity contribution in [2.24, 2.45) is 0 Å². The molecule has 0 saturated carbocycles. The Balaban J connectivity index is 2.83. The Morgan fingerprint density at radius 1 is 1.62 bits per heavy atom. The zero-order valence-electron chi connectivity index (χ0n) is 4.21. The third-order valence-corrected chi connectivity index (χ3v) is 1.06. The lowest BCUT2D eigenvalue weighted by Crippen LogP contribution is -1.73. The first-order chi connectivity index (χ1) is 3.93. The van der Waals surface area contributed by atoms with Gasteiger partial charge in [0, 0.05) is 12.4 Å². The lowest BCUT2D eigenvalue weighted by molar-refractivity contribution is 1.30. The molecule has 0 saturated heterocycles. The smallest absolute Gasteiger partial charge is 0.0805 e. The monoisotopic (exact) mass is 126 g/mol. The molecule has 41 valence electrons. The van der Waals surface area contributed by atoms with Crippen LogP contribution in [-0.4, -0.2) is 4.98 Å². The summed E-state index contributed by atoms with van der Waals surface area (Å²) in [6, 6.07) is 3.73. The van der Waals surface area contributed by atoms with Crippen LogP contribution in [0.5, 0.6) is 0 Å². The van der Waals surface area contributed by atoms with Crippen LogP contribution in [0, 0.1) is 5.88 Å². The van der Waals surface area contributed by atoms with Gasteiger partial charge in [0.2, 0.25) is 0 Å². The van der Waals surface area contributed by atoms with Crippen molar-refractivity contribution < 1.29 is 0 Å². The minimum absolute atomic E-state index is 0.939. The third kappa shape index (κ3) is 1.20. The summed E-state index contributed by atoms with van der Waals surface area (Å²) in [6.07, 6.45) is 3.41. The number of halogens is 1. The molecule has 1 heterocycles. The standard InChI is InChI=1S/C6H5ClN/c7-4-6-2-1-3-8-5-6/h1-5H. The molecule has 0 aromatic carbocycles. The van der Waals surface area contributed by atoms with E-state index in [1.165, 1.54) is 5.88 Å². The van der Waals surface area contributed by atoms with Gasteiger partial charge in [-0.05, 0) is 11.6 Å². The molecule has 8 heavy (non-hydrogen) atoms. The Labute approximate surface area is 53.3 Å². The first kappa shape index (κ1) is 5.57. The van der Waals surface area contributed by atoms with E-state index in [1.54, 1.807) is 12.4 Å². The highest BCUT2D eigenvalue weighted by Gasteiger charge is 1.83. The number of nitrogens with zero attached hydrogens (tertiary/aromatic N) is 1. The van der Waals surface area contributed by atoms with Gasteiger partial charge in [-0.25, -0.2) is 0 Å². The summed E-state index contributed by atoms with van der Waals surface area (Å²) >= 11 is 5.36. The first-order valence-corrected chi connectivity index (χ1v) is 2.70. The van der Waals surface area contributed by atoms with Crippen molar-refractivity contribution in [1.82, 2.24) is 4.98 Å². The molecule has 0 N–H and O–H groups in total. The number of hydrogen-bond acceptors (Lipinski definition) is 1. The van der Waals surface area contributed by atoms with Gasteiger partial charge in [0.25, 0.3) is 0 Å². The van der Waals surface area contributed by atoms with Crippen LogP contribution in [0.1, 0.15) is 5.56 Å². The minimum atomic E-state index is 0.939. The molecule has 0 aliphatic rings. The summed E-state index contributed by atoms with van der Waals surface area (Å²) in [7, 11) is 0. The van der Waals surface area contributed by atoms with Gasteiger partial charge in [-0.2, -0.15) is 0 Å². The van der Waals surface area contributed by atoms with Crippen molar-refractivity contribution in [3.8, 4) is 0 Å². The molecule has 0 aliphatic carbocycles. The first-order valence-electron chi connectivity index (χ1n) is 2.27. The van der Waals surface area contributed by atoms with Gasteiger partial charge >= 0.3 is 0 Å². The van der Waals surface area contributed by atoms with Crippen molar-refractivity contribution in [3.63, 3.8) is 0 Å². The maximum absolute atomic E-state index is 5.36. The van der Waals surface area contributed by atoms with Crippen molar-refractivity contribution >= 4 is 11.6 Å². The predicted octanol–water partition coefficient (Wildman–Crippen LogP) is 1.83. The molecule has 1 rings (SSSR count). The Bertz CT molecular complexity index is 150. The summed E-state index contributed by atoms with van der Waals surface area (Å²) in [4.78, 5) is 3.84. The van der Waals surface area contributed by atoms with Gasteiger partial charge in [-0.15, -0.1) is 11.6 Å². The molecule has 0 fully saturated rings. The molecule has 1 aromatic heterocycles. The molecule has 0 bridgehead atoms. The maximum Gasteiger partial charge on any atom is 0.0805 e. The lowest BCUT2D eigenvalue weighted by Gasteiger charge is -1.86. The topological polar surface area (TPSA) is 12.9 Å². The van der Waals surface area contributed by atoms with Gasteiger partial charge in [0.1, 0.15) is 0 Å². The van der Waals surface area contributed by atoms with E-state index in [-0.39, 0.29) is 0 Å². The second-order valence-electron chi connectivity index (χ2n) is 1.40. The molecule has 0 amide bonds. The van der Waals surface area contributed by atoms with Crippen molar-refractivity contribution in [2.45, 2.75) is 0 Å². The highest BCUT2D eigenvalue weighted by molar-refractivity contribution is 6.25. The average molecular weight is 127 g/mol. The average Bonchev–Trinajstić information content (AvgIpc) is 1.90. The van der Waals surface area contributed by atoms with Crippen molar-refractivity contribution in [3.05, 3.63) is 36.0 Å². The molecule has 0 aliphatic heterocycles. The summed E-state index contributed by atoms with van der Waals surface area (Å²) in [5.41, 5.74) is 0.939. The quantitative estimate of drug-likeness (QED) is 0.560. The number of rotatable bonds is 1. The molecule has 1 radical (unpaired) electrons. The van der Waals surface area contributed by atoms with E-state index in [9.17, 15) is 0 Å². The normalized spacial score (nSPS) is 9.12. The fourth-order valence-electron chi connectivity index (χ4n) is 0.441. The summed E-state index contributed by atoms with van der Waals surface area (Å²) < 4.78 is 0. The maximum atomic E-state index is 5.36. The number of hydrogen-bond donors (Lipinski definition) is 0. The highest BCUT2D eigenvalue weighted by Crippen LogP contribution is 2.00. The van der Waals surface area contributed by atoms with Gasteiger partial charge in [0.15, 0.2) is 0 Å². The Kier molecular flexibility index (Phi) is 1.86. The SMILES string of the molecule is Cl[CH]c1cccnc1. The lowest BCUT2D eigenvalue weighted by atomic mass is 10.3. The zero-order valence-corrected chi connectivity index (χ0v) is 4.97. The molecule has 0 spiro atoms. The Morgan fingerprint density at radius 2 is 2.50 bits per heavy atom. The fourth-order valence-corrected chi connectivity index (χ4v) is 0.570. The molecule has 0 unspecified atom stereocenters. The molecular weight excluding hydrogens is 122 g/mol. The molecule has 0 atom stereocenters. The Morgan fingerprint density at radius 3 is 2.88 bits per heavy atom. The van der Waals surface area contributed by atoms with Crippen LogP contribution in [0.2, 0.25) is 0 Å². The minimum Gasteiger partial charge on any atom is -0.264 e. The van der Waals surface area contributed by atoms with E-state index >= 15 is 0 Å². The van der Waals surface area contributed by atoms with Crippen LogP contribution in [0.3, 0.4) is 0 Å². The molecular formula is C6H5ClN. The zero-order chi connectivity index (χ0) is 5.82. The molecule has 1 nitrogen and oxygen atoms in total. The van der Waals surface area contributed by atoms with Crippen LogP contribution in [0.4, 0.5) is 0 Å². The van der Waals surface area contributed by atoms with E-state index in [0.29, 0.717) is 0 Å². The van der Waals surface area contributed by atoms with E-state index in [0.717, 1.165) is 5.56 Å². The predicted molar refractivity (Wildman–Crippen MR) is 33.5 cm³/mol. The summed E-state index contributed by atoms with van der Waals surface area (Å²) in [5.74, 6) is 1.49. The van der Waals surface area contributed by atoms with Crippen molar-refractivity contribution in [2.75, 3.05) is 0 Å². The molecule has 1 aromatic rings. The summed E-state index contributed by atoms with van der Waals surface area (Å²) in [5, 5.41) is 0. The van der Waals surface area contributed by atoms with Gasteiger partial charge in [-0.1, -0.05) is 6.07 Å². The van der Waals surface area contributed by atoms with E-state index < -0.39 is 0 Å². The van der Waals surface area contributed by atoms with Gasteiger partial charge < -0.3 is 0 Å². The van der Waals surface area contributed by atoms with Crippen LogP contribution >= 0.6 is 11.6 Å². The Hall–Kier alpha value is -0.560. The van der Waals surface area contributed by atoms with Crippen LogP contribution in [0.15, 0.2) is 24.5 Å². The number of pyridine rings is 1. The highest BCUT2D eigenvalue weighted by atomic mass is 35.5. The van der Waals surface area contributed by atoms with E-state index in [4.69, 9.17) is 11.6 Å². The third-order valence-electron chi connectivity index (χ3n) is 0.810. The largest absolute Gasteiger partial charge is 0.264 e. The molecule has 2 heteroatoms. The number of aromatic nitrogens is 1. The second kappa shape index (κ2) is 2.68. The van der Waals surface area contributed by atoms with Gasteiger partial charge in [-0.3, -0.25) is 4.98 Å². The summed E-state index contributed by atoms with van der Waals surface area (Å²) in [6.45, 7) is 0. The van der Waals surface area contributed by atoms with E-state index in [2.05, 4.69) is 4.98 Å². The van der Waals surface area contributed by atoms with E-state index in [1.807, 2.05) is 12.1 Å². The van der Waals surface area contributed by atoms with Crippen LogP contribution in [0.25, 0.3) is 0 Å². The second-order valence-corrected chi connectivity index (χ2v) is 1.61. The van der Waals surface area contributed by atoms with Gasteiger partial charge in [0.05, 0.1) is 5.88 Å². The van der Waals surface area contributed by atoms with Crippen LogP contribution < -0.4 is 0 Å². The fraction of sp³-hybridized carbons (Fsp3) is 0. The van der Waals surface area contributed by atoms with Crippen molar-refractivity contribution in [1.29, 1.82) is 0 Å².